The molecule has 4 rings (SSSR count). The molecule has 4 aromatic rings. The van der Waals surface area contributed by atoms with Crippen molar-refractivity contribution in [2.45, 2.75) is 32.6 Å². The monoisotopic (exact) mass is 582 g/mol. The van der Waals surface area contributed by atoms with Gasteiger partial charge in [-0.05, 0) is 87.4 Å². The molecule has 0 spiro atoms. The lowest BCUT2D eigenvalue weighted by atomic mass is 10.1. The molecule has 39 heavy (non-hydrogen) atoms. The van der Waals surface area contributed by atoms with Crippen LogP contribution in [0.2, 0.25) is 10.0 Å². The van der Waals surface area contributed by atoms with Gasteiger partial charge in [0.05, 0.1) is 21.8 Å². The van der Waals surface area contributed by atoms with Crippen LogP contribution in [-0.4, -0.2) is 31.7 Å². The molecule has 0 saturated heterocycles. The highest BCUT2D eigenvalue weighted by molar-refractivity contribution is 7.92. The molecule has 7 nitrogen and oxygen atoms in total. The van der Waals surface area contributed by atoms with Crippen LogP contribution in [0, 0.1) is 27.7 Å². The lowest BCUT2D eigenvalue weighted by Crippen LogP contribution is -2.39. The maximum atomic E-state index is 13.5. The van der Waals surface area contributed by atoms with Gasteiger partial charge in [-0.1, -0.05) is 47.5 Å². The molecular formula is C29H28Cl2N4O3S. The van der Waals surface area contributed by atoms with Crippen molar-refractivity contribution in [3.05, 3.63) is 111 Å². The van der Waals surface area contributed by atoms with Gasteiger partial charge in [0.15, 0.2) is 0 Å². The first-order valence-electron chi connectivity index (χ1n) is 12.1. The number of carbonyl (C=O) groups excluding carboxylic acids is 1. The Morgan fingerprint density at radius 1 is 0.949 bits per heavy atom. The zero-order valence-corrected chi connectivity index (χ0v) is 24.3. The van der Waals surface area contributed by atoms with Crippen molar-refractivity contribution in [1.82, 2.24) is 9.99 Å². The minimum absolute atomic E-state index is 0.0195. The first kappa shape index (κ1) is 28.4. The standard InChI is InChI=1S/C29H28Cl2N4O3S/c1-19-10-12-25(14-20(19)2)35-21(3)15-23(22(35)4)17-32-33-29(36)18-34(28-13-11-24(30)16-27(28)31)39(37,38)26-8-6-5-7-9-26/h5-17H,18H2,1-4H3,(H,33,36)/b32-17+. The van der Waals surface area contributed by atoms with E-state index in [2.05, 4.69) is 47.1 Å². The van der Waals surface area contributed by atoms with Gasteiger partial charge in [0.1, 0.15) is 6.54 Å². The molecule has 0 aliphatic heterocycles. The molecular weight excluding hydrogens is 555 g/mol. The number of carbonyl (C=O) groups is 1. The van der Waals surface area contributed by atoms with Gasteiger partial charge in [0.25, 0.3) is 15.9 Å². The van der Waals surface area contributed by atoms with E-state index in [1.807, 2.05) is 19.9 Å². The topological polar surface area (TPSA) is 83.8 Å². The number of nitrogens with one attached hydrogen (secondary N) is 1. The Balaban J connectivity index is 1.57. The van der Waals surface area contributed by atoms with Crippen LogP contribution in [0.5, 0.6) is 0 Å². The normalized spacial score (nSPS) is 11.6. The number of aromatic nitrogens is 1. The van der Waals surface area contributed by atoms with Crippen LogP contribution in [0.1, 0.15) is 28.1 Å². The van der Waals surface area contributed by atoms with Crippen molar-refractivity contribution >= 4 is 51.0 Å². The van der Waals surface area contributed by atoms with E-state index < -0.39 is 22.5 Å². The van der Waals surface area contributed by atoms with Crippen molar-refractivity contribution in [1.29, 1.82) is 0 Å². The number of hydrazone groups is 1. The van der Waals surface area contributed by atoms with Crippen molar-refractivity contribution in [3.63, 3.8) is 0 Å². The van der Waals surface area contributed by atoms with Crippen LogP contribution in [0.25, 0.3) is 5.69 Å². The Morgan fingerprint density at radius 3 is 2.33 bits per heavy atom. The Labute approximate surface area is 238 Å². The SMILES string of the molecule is Cc1ccc(-n2c(C)cc(/C=N/NC(=O)CN(c3ccc(Cl)cc3Cl)S(=O)(=O)c3ccccc3)c2C)cc1C. The lowest BCUT2D eigenvalue weighted by molar-refractivity contribution is -0.119. The highest BCUT2D eigenvalue weighted by Crippen LogP contribution is 2.32. The molecule has 3 aromatic carbocycles. The summed E-state index contributed by atoms with van der Waals surface area (Å²) < 4.78 is 30.0. The van der Waals surface area contributed by atoms with Crippen LogP contribution in [0.3, 0.4) is 0 Å². The summed E-state index contributed by atoms with van der Waals surface area (Å²) in [4.78, 5) is 12.9. The quantitative estimate of drug-likeness (QED) is 0.194. The molecule has 0 bridgehead atoms. The predicted molar refractivity (Wildman–Crippen MR) is 158 cm³/mol. The molecule has 0 aliphatic rings. The zero-order chi connectivity index (χ0) is 28.3. The number of nitrogens with zero attached hydrogens (tertiary/aromatic N) is 3. The van der Waals surface area contributed by atoms with Crippen molar-refractivity contribution in [2.24, 2.45) is 5.10 Å². The number of aryl methyl sites for hydroxylation is 3. The number of benzene rings is 3. The largest absolute Gasteiger partial charge is 0.318 e. The summed E-state index contributed by atoms with van der Waals surface area (Å²) in [6, 6.07) is 20.5. The number of halogens is 2. The maximum absolute atomic E-state index is 13.5. The Bertz CT molecular complexity index is 1670. The molecule has 202 valence electrons. The van der Waals surface area contributed by atoms with Crippen LogP contribution in [0.15, 0.2) is 82.8 Å². The second-order valence-corrected chi connectivity index (χ2v) is 11.9. The molecule has 1 N–H and O–H groups in total. The van der Waals surface area contributed by atoms with E-state index >= 15 is 0 Å². The fourth-order valence-electron chi connectivity index (χ4n) is 4.22. The first-order valence-corrected chi connectivity index (χ1v) is 14.3. The van der Waals surface area contributed by atoms with Crippen LogP contribution in [-0.2, 0) is 14.8 Å². The molecule has 0 aliphatic carbocycles. The third-order valence-electron chi connectivity index (χ3n) is 6.41. The van der Waals surface area contributed by atoms with Gasteiger partial charge in [-0.15, -0.1) is 0 Å². The van der Waals surface area contributed by atoms with Crippen molar-refractivity contribution in [2.75, 3.05) is 10.8 Å². The van der Waals surface area contributed by atoms with Crippen molar-refractivity contribution in [3.8, 4) is 5.69 Å². The summed E-state index contributed by atoms with van der Waals surface area (Å²) in [5, 5.41) is 4.54. The summed E-state index contributed by atoms with van der Waals surface area (Å²) in [5.74, 6) is -0.639. The fourth-order valence-corrected chi connectivity index (χ4v) is 6.24. The van der Waals surface area contributed by atoms with E-state index in [4.69, 9.17) is 23.2 Å². The molecule has 0 saturated carbocycles. The van der Waals surface area contributed by atoms with E-state index in [1.165, 1.54) is 41.5 Å². The predicted octanol–water partition coefficient (Wildman–Crippen LogP) is 6.36. The summed E-state index contributed by atoms with van der Waals surface area (Å²) in [6.45, 7) is 7.58. The summed E-state index contributed by atoms with van der Waals surface area (Å²) >= 11 is 12.3. The summed E-state index contributed by atoms with van der Waals surface area (Å²) in [6.07, 6.45) is 1.54. The lowest BCUT2D eigenvalue weighted by Gasteiger charge is -2.24. The van der Waals surface area contributed by atoms with E-state index in [1.54, 1.807) is 24.4 Å². The van der Waals surface area contributed by atoms with Gasteiger partial charge in [-0.2, -0.15) is 5.10 Å². The highest BCUT2D eigenvalue weighted by atomic mass is 35.5. The smallest absolute Gasteiger partial charge is 0.264 e. The molecule has 1 heterocycles. The minimum atomic E-state index is -4.12. The molecule has 0 atom stereocenters. The average Bonchev–Trinajstić information content (AvgIpc) is 3.17. The molecule has 0 fully saturated rings. The number of hydrogen-bond acceptors (Lipinski definition) is 4. The molecule has 0 unspecified atom stereocenters. The third kappa shape index (κ3) is 6.19. The van der Waals surface area contributed by atoms with E-state index in [-0.39, 0.29) is 15.6 Å². The number of hydrogen-bond donors (Lipinski definition) is 1. The van der Waals surface area contributed by atoms with Gasteiger partial charge < -0.3 is 4.57 Å². The highest BCUT2D eigenvalue weighted by Gasteiger charge is 2.28. The summed E-state index contributed by atoms with van der Waals surface area (Å²) in [5.41, 5.74) is 8.81. The van der Waals surface area contributed by atoms with E-state index in [9.17, 15) is 13.2 Å². The Kier molecular flexibility index (Phi) is 8.49. The molecule has 0 radical (unpaired) electrons. The second kappa shape index (κ2) is 11.7. The fraction of sp³-hybridized carbons (Fsp3) is 0.172. The van der Waals surface area contributed by atoms with Crippen molar-refractivity contribution < 1.29 is 13.2 Å². The Hall–Kier alpha value is -3.59. The average molecular weight is 584 g/mol. The van der Waals surface area contributed by atoms with Gasteiger partial charge in [0, 0.05) is 27.7 Å². The van der Waals surface area contributed by atoms with Crippen LogP contribution >= 0.6 is 23.2 Å². The van der Waals surface area contributed by atoms with E-state index in [0.29, 0.717) is 5.02 Å². The number of sulfonamides is 1. The van der Waals surface area contributed by atoms with Crippen LogP contribution < -0.4 is 9.73 Å². The third-order valence-corrected chi connectivity index (χ3v) is 8.72. The first-order chi connectivity index (χ1) is 18.5. The zero-order valence-electron chi connectivity index (χ0n) is 21.9. The summed E-state index contributed by atoms with van der Waals surface area (Å²) in [7, 11) is -4.12. The molecule has 1 aromatic heterocycles. The van der Waals surface area contributed by atoms with Gasteiger partial charge in [-0.3, -0.25) is 9.10 Å². The number of amides is 1. The molecule has 1 amide bonds. The Morgan fingerprint density at radius 2 is 1.67 bits per heavy atom. The van der Waals surface area contributed by atoms with Gasteiger partial charge >= 0.3 is 0 Å². The minimum Gasteiger partial charge on any atom is -0.318 e. The molecule has 10 heteroatoms. The van der Waals surface area contributed by atoms with Gasteiger partial charge in [0.2, 0.25) is 0 Å². The maximum Gasteiger partial charge on any atom is 0.264 e. The van der Waals surface area contributed by atoms with E-state index in [0.717, 1.165) is 26.9 Å². The number of rotatable bonds is 8. The number of anilines is 1. The second-order valence-electron chi connectivity index (χ2n) is 9.14. The van der Waals surface area contributed by atoms with Gasteiger partial charge in [-0.25, -0.2) is 13.8 Å². The van der Waals surface area contributed by atoms with Crippen LogP contribution in [0.4, 0.5) is 5.69 Å².